The topological polar surface area (TPSA) is 66.5 Å². The molecular formula is C25H24Cl2N2O3S. The first kappa shape index (κ1) is 23.6. The van der Waals surface area contributed by atoms with E-state index >= 15 is 0 Å². The summed E-state index contributed by atoms with van der Waals surface area (Å²) in [4.78, 5) is 14.8. The highest BCUT2D eigenvalue weighted by Gasteiger charge is 2.26. The average molecular weight is 503 g/mol. The lowest BCUT2D eigenvalue weighted by molar-refractivity contribution is 0.0690. The summed E-state index contributed by atoms with van der Waals surface area (Å²) < 4.78 is 28.3. The molecule has 0 saturated carbocycles. The van der Waals surface area contributed by atoms with Gasteiger partial charge in [0.25, 0.3) is 15.9 Å². The number of amides is 1. The van der Waals surface area contributed by atoms with Crippen LogP contribution in [-0.4, -0.2) is 32.3 Å². The maximum atomic E-state index is 13.1. The molecule has 0 aromatic heterocycles. The first-order valence-corrected chi connectivity index (χ1v) is 13.0. The van der Waals surface area contributed by atoms with Gasteiger partial charge in [0.2, 0.25) is 0 Å². The Morgan fingerprint density at radius 2 is 1.61 bits per heavy atom. The highest BCUT2D eigenvalue weighted by Crippen LogP contribution is 2.28. The van der Waals surface area contributed by atoms with Crippen LogP contribution < -0.4 is 4.72 Å². The van der Waals surface area contributed by atoms with Gasteiger partial charge in [-0.3, -0.25) is 9.52 Å². The maximum absolute atomic E-state index is 13.1. The second-order valence-electron chi connectivity index (χ2n) is 8.18. The molecule has 1 aliphatic rings. The van der Waals surface area contributed by atoms with Crippen molar-refractivity contribution in [1.29, 1.82) is 0 Å². The van der Waals surface area contributed by atoms with Gasteiger partial charge in [0, 0.05) is 29.4 Å². The molecular weight excluding hydrogens is 479 g/mol. The van der Waals surface area contributed by atoms with Gasteiger partial charge in [-0.2, -0.15) is 0 Å². The van der Waals surface area contributed by atoms with Crippen LogP contribution in [0.15, 0.2) is 77.7 Å². The number of nitrogens with zero attached hydrogens (tertiary/aromatic N) is 1. The third kappa shape index (κ3) is 5.88. The van der Waals surface area contributed by atoms with Crippen LogP contribution in [0.4, 0.5) is 5.69 Å². The molecule has 5 nitrogen and oxygen atoms in total. The molecule has 1 N–H and O–H groups in total. The van der Waals surface area contributed by atoms with Crippen molar-refractivity contribution < 1.29 is 13.2 Å². The van der Waals surface area contributed by atoms with Gasteiger partial charge in [-0.1, -0.05) is 53.5 Å². The lowest BCUT2D eigenvalue weighted by Gasteiger charge is -2.32. The van der Waals surface area contributed by atoms with Crippen molar-refractivity contribution in [3.8, 4) is 0 Å². The Balaban J connectivity index is 1.44. The van der Waals surface area contributed by atoms with E-state index in [0.717, 1.165) is 19.3 Å². The molecule has 1 fully saturated rings. The van der Waals surface area contributed by atoms with Crippen molar-refractivity contribution in [3.05, 3.63) is 94.0 Å². The fraction of sp³-hybridized carbons (Fsp3) is 0.240. The molecule has 8 heteroatoms. The van der Waals surface area contributed by atoms with Crippen molar-refractivity contribution >= 4 is 44.8 Å². The van der Waals surface area contributed by atoms with Crippen molar-refractivity contribution in [2.24, 2.45) is 5.92 Å². The van der Waals surface area contributed by atoms with Gasteiger partial charge in [0.1, 0.15) is 4.90 Å². The summed E-state index contributed by atoms with van der Waals surface area (Å²) >= 11 is 12.1. The number of hydrogen-bond acceptors (Lipinski definition) is 3. The quantitative estimate of drug-likeness (QED) is 0.456. The second-order valence-corrected chi connectivity index (χ2v) is 10.7. The normalized spacial score (nSPS) is 14.8. The fourth-order valence-electron chi connectivity index (χ4n) is 4.04. The predicted molar refractivity (Wildman–Crippen MR) is 132 cm³/mol. The zero-order chi connectivity index (χ0) is 23.4. The Kier molecular flexibility index (Phi) is 7.27. The fourth-order valence-corrected chi connectivity index (χ4v) is 5.75. The standard InChI is InChI=1S/C25H24Cl2N2O3S/c26-21-7-9-22(10-8-21)28-33(31,32)24-17-20(6-11-23(24)27)25(30)29-14-12-19(13-15-29)16-18-4-2-1-3-5-18/h1-11,17,19,28H,12-16H2. The number of piperidine rings is 1. The minimum Gasteiger partial charge on any atom is -0.339 e. The second kappa shape index (κ2) is 10.2. The summed E-state index contributed by atoms with van der Waals surface area (Å²) in [5.41, 5.74) is 1.97. The lowest BCUT2D eigenvalue weighted by atomic mass is 9.90. The summed E-state index contributed by atoms with van der Waals surface area (Å²) in [5.74, 6) is 0.342. The minimum atomic E-state index is -3.98. The van der Waals surface area contributed by atoms with E-state index in [4.69, 9.17) is 23.2 Å². The zero-order valence-corrected chi connectivity index (χ0v) is 20.2. The molecule has 3 aromatic rings. The van der Waals surface area contributed by atoms with E-state index in [2.05, 4.69) is 16.9 Å². The van der Waals surface area contributed by atoms with Crippen LogP contribution in [0.1, 0.15) is 28.8 Å². The number of hydrogen-bond donors (Lipinski definition) is 1. The van der Waals surface area contributed by atoms with Crippen LogP contribution in [-0.2, 0) is 16.4 Å². The Hall–Kier alpha value is -2.54. The first-order chi connectivity index (χ1) is 15.8. The van der Waals surface area contributed by atoms with Gasteiger partial charge in [-0.15, -0.1) is 0 Å². The van der Waals surface area contributed by atoms with Crippen LogP contribution in [0.2, 0.25) is 10.0 Å². The molecule has 172 valence electrons. The van der Waals surface area contributed by atoms with Crippen molar-refractivity contribution in [1.82, 2.24) is 4.90 Å². The van der Waals surface area contributed by atoms with E-state index in [0.29, 0.717) is 35.3 Å². The van der Waals surface area contributed by atoms with Crippen molar-refractivity contribution in [3.63, 3.8) is 0 Å². The number of benzene rings is 3. The molecule has 0 atom stereocenters. The lowest BCUT2D eigenvalue weighted by Crippen LogP contribution is -2.39. The van der Waals surface area contributed by atoms with Gasteiger partial charge < -0.3 is 4.90 Å². The van der Waals surface area contributed by atoms with Crippen LogP contribution >= 0.6 is 23.2 Å². The summed E-state index contributed by atoms with van der Waals surface area (Å²) in [6.45, 7) is 1.29. The van der Waals surface area contributed by atoms with Gasteiger partial charge in [-0.05, 0) is 73.2 Å². The van der Waals surface area contributed by atoms with E-state index in [1.807, 2.05) is 18.2 Å². The molecule has 0 radical (unpaired) electrons. The molecule has 1 heterocycles. The predicted octanol–water partition coefficient (Wildman–Crippen LogP) is 5.89. The van der Waals surface area contributed by atoms with E-state index in [1.165, 1.54) is 17.7 Å². The number of halogens is 2. The number of nitrogens with one attached hydrogen (secondary N) is 1. The molecule has 4 rings (SSSR count). The SMILES string of the molecule is O=C(c1ccc(Cl)c(S(=O)(=O)Nc2ccc(Cl)cc2)c1)N1CCC(Cc2ccccc2)CC1. The number of carbonyl (C=O) groups is 1. The molecule has 0 aliphatic carbocycles. The van der Waals surface area contributed by atoms with Gasteiger partial charge in [0.05, 0.1) is 5.02 Å². The summed E-state index contributed by atoms with van der Waals surface area (Å²) in [6.07, 6.45) is 2.83. The van der Waals surface area contributed by atoms with Crippen molar-refractivity contribution in [2.75, 3.05) is 17.8 Å². The van der Waals surface area contributed by atoms with Crippen LogP contribution in [0, 0.1) is 5.92 Å². The van der Waals surface area contributed by atoms with Crippen LogP contribution in [0.25, 0.3) is 0 Å². The molecule has 0 spiro atoms. The molecule has 1 aliphatic heterocycles. The van der Waals surface area contributed by atoms with Gasteiger partial charge >= 0.3 is 0 Å². The van der Waals surface area contributed by atoms with E-state index in [9.17, 15) is 13.2 Å². The largest absolute Gasteiger partial charge is 0.339 e. The highest BCUT2D eigenvalue weighted by molar-refractivity contribution is 7.92. The number of sulfonamides is 1. The minimum absolute atomic E-state index is 0.0505. The Morgan fingerprint density at radius 3 is 2.27 bits per heavy atom. The first-order valence-electron chi connectivity index (χ1n) is 10.7. The molecule has 0 bridgehead atoms. The smallest absolute Gasteiger partial charge is 0.263 e. The van der Waals surface area contributed by atoms with E-state index in [-0.39, 0.29) is 15.8 Å². The summed E-state index contributed by atoms with van der Waals surface area (Å²) in [6, 6.07) is 21.0. The highest BCUT2D eigenvalue weighted by atomic mass is 35.5. The van der Waals surface area contributed by atoms with Gasteiger partial charge in [-0.25, -0.2) is 8.42 Å². The molecule has 1 amide bonds. The number of rotatable bonds is 6. The molecule has 0 unspecified atom stereocenters. The zero-order valence-electron chi connectivity index (χ0n) is 17.9. The van der Waals surface area contributed by atoms with E-state index < -0.39 is 10.0 Å². The molecule has 1 saturated heterocycles. The number of likely N-dealkylation sites (tertiary alicyclic amines) is 1. The Bertz CT molecular complexity index is 1220. The monoisotopic (exact) mass is 502 g/mol. The molecule has 3 aromatic carbocycles. The van der Waals surface area contributed by atoms with Crippen LogP contribution in [0.3, 0.4) is 0 Å². The van der Waals surface area contributed by atoms with E-state index in [1.54, 1.807) is 35.2 Å². The number of carbonyl (C=O) groups excluding carboxylic acids is 1. The summed E-state index contributed by atoms with van der Waals surface area (Å²) in [5, 5.41) is 0.547. The average Bonchev–Trinajstić information content (AvgIpc) is 2.81. The van der Waals surface area contributed by atoms with Gasteiger partial charge in [0.15, 0.2) is 0 Å². The van der Waals surface area contributed by atoms with Crippen molar-refractivity contribution in [2.45, 2.75) is 24.2 Å². The summed E-state index contributed by atoms with van der Waals surface area (Å²) in [7, 11) is -3.98. The number of anilines is 1. The van der Waals surface area contributed by atoms with Crippen LogP contribution in [0.5, 0.6) is 0 Å². The molecule has 33 heavy (non-hydrogen) atoms. The third-order valence-corrected chi connectivity index (χ3v) is 7.95. The Morgan fingerprint density at radius 1 is 0.939 bits per heavy atom. The maximum Gasteiger partial charge on any atom is 0.263 e. The Labute approximate surface area is 204 Å². The third-order valence-electron chi connectivity index (χ3n) is 5.83.